The van der Waals surface area contributed by atoms with Gasteiger partial charge in [0.15, 0.2) is 0 Å². The molecule has 0 unspecified atom stereocenters. The Balaban J connectivity index is 1.98. The fourth-order valence-corrected chi connectivity index (χ4v) is 3.45. The summed E-state index contributed by atoms with van der Waals surface area (Å²) in [4.78, 5) is 14.8. The Morgan fingerprint density at radius 2 is 1.43 bits per heavy atom. The van der Waals surface area contributed by atoms with Crippen molar-refractivity contribution in [2.45, 2.75) is 25.4 Å². The van der Waals surface area contributed by atoms with Crippen molar-refractivity contribution in [3.05, 3.63) is 71.8 Å². The van der Waals surface area contributed by atoms with Crippen LogP contribution < -0.4 is 0 Å². The average molecular weight is 279 g/mol. The molecule has 0 radical (unpaired) electrons. The molecule has 108 valence electrons. The highest BCUT2D eigenvalue weighted by Crippen LogP contribution is 2.41. The molecule has 0 spiro atoms. The normalized spacial score (nSPS) is 26.8. The second-order valence-electron chi connectivity index (χ2n) is 5.91. The molecular weight excluding hydrogens is 258 g/mol. The van der Waals surface area contributed by atoms with Crippen molar-refractivity contribution in [1.82, 2.24) is 4.90 Å². The van der Waals surface area contributed by atoms with Gasteiger partial charge in [-0.3, -0.25) is 9.69 Å². The van der Waals surface area contributed by atoms with Crippen molar-refractivity contribution in [3.63, 3.8) is 0 Å². The van der Waals surface area contributed by atoms with Gasteiger partial charge in [0.05, 0.1) is 0 Å². The van der Waals surface area contributed by atoms with E-state index in [0.717, 1.165) is 0 Å². The molecule has 0 aliphatic carbocycles. The first kappa shape index (κ1) is 14.0. The van der Waals surface area contributed by atoms with Crippen LogP contribution in [0.4, 0.5) is 0 Å². The maximum Gasteiger partial charge on any atom is 0.139 e. The summed E-state index contributed by atoms with van der Waals surface area (Å²) < 4.78 is 0. The minimum atomic E-state index is 0.0392. The summed E-state index contributed by atoms with van der Waals surface area (Å²) in [5.74, 6) is 0.396. The van der Waals surface area contributed by atoms with E-state index in [0.29, 0.717) is 12.2 Å². The summed E-state index contributed by atoms with van der Waals surface area (Å²) in [5.41, 5.74) is 2.45. The predicted octanol–water partition coefficient (Wildman–Crippen LogP) is 4.01. The van der Waals surface area contributed by atoms with Gasteiger partial charge in [0.1, 0.15) is 5.78 Å². The molecule has 1 saturated heterocycles. The molecule has 3 atom stereocenters. The molecule has 21 heavy (non-hydrogen) atoms. The van der Waals surface area contributed by atoms with E-state index in [1.807, 2.05) is 36.4 Å². The Bertz CT molecular complexity index is 608. The average Bonchev–Trinajstić information content (AvgIpc) is 2.53. The van der Waals surface area contributed by atoms with Gasteiger partial charge in [-0.2, -0.15) is 0 Å². The standard InChI is InChI=1S/C19H21NO/c1-14-18(21)13-17(15-9-5-3-6-10-15)20(2)19(14)16-11-7-4-8-12-16/h3-12,14,17,19H,13H2,1-2H3/t14-,17-,19-/m1/s1. The van der Waals surface area contributed by atoms with Gasteiger partial charge in [-0.05, 0) is 18.2 Å². The number of ketones is 1. The van der Waals surface area contributed by atoms with Crippen LogP contribution in [0.5, 0.6) is 0 Å². The molecule has 0 N–H and O–H groups in total. The Morgan fingerprint density at radius 3 is 2.00 bits per heavy atom. The third kappa shape index (κ3) is 2.64. The largest absolute Gasteiger partial charge is 0.299 e. The monoisotopic (exact) mass is 279 g/mol. The van der Waals surface area contributed by atoms with Crippen molar-refractivity contribution in [2.24, 2.45) is 5.92 Å². The molecule has 2 aromatic carbocycles. The van der Waals surface area contributed by atoms with Crippen molar-refractivity contribution >= 4 is 5.78 Å². The number of hydrogen-bond acceptors (Lipinski definition) is 2. The minimum Gasteiger partial charge on any atom is -0.299 e. The topological polar surface area (TPSA) is 20.3 Å². The van der Waals surface area contributed by atoms with Crippen molar-refractivity contribution in [3.8, 4) is 0 Å². The molecule has 1 fully saturated rings. The lowest BCUT2D eigenvalue weighted by Gasteiger charge is -2.43. The minimum absolute atomic E-state index is 0.0392. The van der Waals surface area contributed by atoms with Gasteiger partial charge in [0.2, 0.25) is 0 Å². The van der Waals surface area contributed by atoms with Gasteiger partial charge in [-0.15, -0.1) is 0 Å². The van der Waals surface area contributed by atoms with Crippen LogP contribution in [0, 0.1) is 5.92 Å². The Hall–Kier alpha value is -1.93. The van der Waals surface area contributed by atoms with Crippen LogP contribution in [0.2, 0.25) is 0 Å². The van der Waals surface area contributed by atoms with E-state index in [-0.39, 0.29) is 18.0 Å². The fourth-order valence-electron chi connectivity index (χ4n) is 3.45. The molecular formula is C19H21NO. The van der Waals surface area contributed by atoms with Gasteiger partial charge in [0.25, 0.3) is 0 Å². The summed E-state index contributed by atoms with van der Waals surface area (Å²) in [6, 6.07) is 21.0. The van der Waals surface area contributed by atoms with Gasteiger partial charge in [-0.25, -0.2) is 0 Å². The molecule has 1 heterocycles. The number of nitrogens with zero attached hydrogens (tertiary/aromatic N) is 1. The first-order valence-corrected chi connectivity index (χ1v) is 7.53. The maximum absolute atomic E-state index is 12.5. The molecule has 2 aromatic rings. The molecule has 1 aliphatic heterocycles. The number of Topliss-reactive ketones (excluding diaryl/α,β-unsaturated/α-hetero) is 1. The van der Waals surface area contributed by atoms with Crippen LogP contribution in [0.25, 0.3) is 0 Å². The lowest BCUT2D eigenvalue weighted by Crippen LogP contribution is -2.42. The zero-order chi connectivity index (χ0) is 14.8. The third-order valence-electron chi connectivity index (χ3n) is 4.63. The van der Waals surface area contributed by atoms with E-state index in [1.54, 1.807) is 0 Å². The zero-order valence-electron chi connectivity index (χ0n) is 12.6. The quantitative estimate of drug-likeness (QED) is 0.828. The number of piperidine rings is 1. The van der Waals surface area contributed by atoms with Crippen LogP contribution in [-0.2, 0) is 4.79 Å². The second kappa shape index (κ2) is 5.82. The van der Waals surface area contributed by atoms with E-state index >= 15 is 0 Å². The van der Waals surface area contributed by atoms with E-state index in [9.17, 15) is 4.79 Å². The smallest absolute Gasteiger partial charge is 0.139 e. The van der Waals surface area contributed by atoms with Crippen molar-refractivity contribution < 1.29 is 4.79 Å². The molecule has 1 aliphatic rings. The van der Waals surface area contributed by atoms with E-state index in [1.165, 1.54) is 11.1 Å². The fraction of sp³-hybridized carbons (Fsp3) is 0.316. The maximum atomic E-state index is 12.5. The zero-order valence-corrected chi connectivity index (χ0v) is 12.6. The molecule has 0 bridgehead atoms. The number of carbonyl (C=O) groups excluding carboxylic acids is 1. The molecule has 0 aromatic heterocycles. The van der Waals surface area contributed by atoms with Crippen LogP contribution in [-0.4, -0.2) is 17.7 Å². The van der Waals surface area contributed by atoms with Crippen LogP contribution in [0.3, 0.4) is 0 Å². The summed E-state index contributed by atoms with van der Waals surface area (Å²) in [5, 5.41) is 0. The Kier molecular flexibility index (Phi) is 3.89. The predicted molar refractivity (Wildman–Crippen MR) is 84.9 cm³/mol. The number of rotatable bonds is 2. The number of carbonyl (C=O) groups is 1. The van der Waals surface area contributed by atoms with E-state index in [4.69, 9.17) is 0 Å². The third-order valence-corrected chi connectivity index (χ3v) is 4.63. The van der Waals surface area contributed by atoms with Gasteiger partial charge < -0.3 is 0 Å². The number of likely N-dealkylation sites (tertiary alicyclic amines) is 1. The summed E-state index contributed by atoms with van der Waals surface area (Å²) in [6.07, 6.45) is 0.602. The van der Waals surface area contributed by atoms with Crippen molar-refractivity contribution in [1.29, 1.82) is 0 Å². The number of benzene rings is 2. The summed E-state index contributed by atoms with van der Waals surface area (Å²) in [6.45, 7) is 2.05. The molecule has 2 nitrogen and oxygen atoms in total. The Labute approximate surface area is 126 Å². The lowest BCUT2D eigenvalue weighted by atomic mass is 9.80. The molecule has 0 amide bonds. The Morgan fingerprint density at radius 1 is 0.905 bits per heavy atom. The lowest BCUT2D eigenvalue weighted by molar-refractivity contribution is -0.130. The molecule has 2 heteroatoms. The van der Waals surface area contributed by atoms with Crippen LogP contribution in [0.15, 0.2) is 60.7 Å². The van der Waals surface area contributed by atoms with Gasteiger partial charge >= 0.3 is 0 Å². The van der Waals surface area contributed by atoms with E-state index < -0.39 is 0 Å². The highest BCUT2D eigenvalue weighted by Gasteiger charge is 2.39. The molecule has 3 rings (SSSR count). The van der Waals surface area contributed by atoms with Gasteiger partial charge in [0, 0.05) is 24.4 Å². The van der Waals surface area contributed by atoms with Crippen LogP contribution in [0.1, 0.15) is 36.6 Å². The second-order valence-corrected chi connectivity index (χ2v) is 5.91. The number of hydrogen-bond donors (Lipinski definition) is 0. The van der Waals surface area contributed by atoms with Gasteiger partial charge in [-0.1, -0.05) is 67.6 Å². The highest BCUT2D eigenvalue weighted by molar-refractivity contribution is 5.83. The summed E-state index contributed by atoms with van der Waals surface area (Å²) >= 11 is 0. The summed E-state index contributed by atoms with van der Waals surface area (Å²) in [7, 11) is 2.14. The van der Waals surface area contributed by atoms with Crippen LogP contribution >= 0.6 is 0 Å². The highest BCUT2D eigenvalue weighted by atomic mass is 16.1. The first-order chi connectivity index (χ1) is 10.2. The molecule has 0 saturated carbocycles. The van der Waals surface area contributed by atoms with Crippen molar-refractivity contribution in [2.75, 3.05) is 7.05 Å². The SMILES string of the molecule is C[C@@H]1C(=O)C[C@H](c2ccccc2)N(C)[C@H]1c1ccccc1. The van der Waals surface area contributed by atoms with E-state index in [2.05, 4.69) is 43.1 Å². The first-order valence-electron chi connectivity index (χ1n) is 7.53.